The van der Waals surface area contributed by atoms with Gasteiger partial charge in [0.25, 0.3) is 0 Å². The summed E-state index contributed by atoms with van der Waals surface area (Å²) in [5.74, 6) is -0.0513. The molecule has 0 unspecified atom stereocenters. The number of nitrogens with zero attached hydrogens (tertiary/aromatic N) is 1. The van der Waals surface area contributed by atoms with Gasteiger partial charge >= 0.3 is 0 Å². The van der Waals surface area contributed by atoms with Gasteiger partial charge in [-0.25, -0.2) is 4.98 Å². The van der Waals surface area contributed by atoms with E-state index in [-0.39, 0.29) is 5.78 Å². The normalized spacial score (nSPS) is 10.8. The summed E-state index contributed by atoms with van der Waals surface area (Å²) in [7, 11) is 0. The monoisotopic (exact) mass is 323 g/mol. The summed E-state index contributed by atoms with van der Waals surface area (Å²) in [6.45, 7) is 2.02. The molecule has 0 saturated heterocycles. The maximum atomic E-state index is 13.1. The first-order valence-corrected chi connectivity index (χ1v) is 8.29. The van der Waals surface area contributed by atoms with Crippen molar-refractivity contribution in [3.8, 4) is 11.1 Å². The summed E-state index contributed by atoms with van der Waals surface area (Å²) in [6, 6.07) is 27.4. The van der Waals surface area contributed by atoms with E-state index in [1.807, 2.05) is 85.8 Å². The standard InChI is InChI=1S/C23H17NO/c1-16-9-8-14-19-15-20(17-10-4-2-5-11-17)22(24-21(16)19)23(25)18-12-6-3-7-13-18/h2-15H,1H3. The fraction of sp³-hybridized carbons (Fsp3) is 0.0435. The summed E-state index contributed by atoms with van der Waals surface area (Å²) in [6.07, 6.45) is 0. The quantitative estimate of drug-likeness (QED) is 0.470. The van der Waals surface area contributed by atoms with Crippen molar-refractivity contribution in [2.45, 2.75) is 6.92 Å². The molecule has 0 radical (unpaired) electrons. The molecule has 0 amide bonds. The highest BCUT2D eigenvalue weighted by Gasteiger charge is 2.18. The molecule has 2 nitrogen and oxygen atoms in total. The number of aryl methyl sites for hydroxylation is 1. The molecule has 0 saturated carbocycles. The molecule has 1 aromatic heterocycles. The number of carbonyl (C=O) groups is 1. The maximum absolute atomic E-state index is 13.1. The van der Waals surface area contributed by atoms with Crippen LogP contribution in [0.2, 0.25) is 0 Å². The van der Waals surface area contributed by atoms with Crippen LogP contribution in [0.15, 0.2) is 84.9 Å². The lowest BCUT2D eigenvalue weighted by Crippen LogP contribution is -2.07. The van der Waals surface area contributed by atoms with E-state index in [0.717, 1.165) is 27.6 Å². The van der Waals surface area contributed by atoms with Crippen LogP contribution in [0.1, 0.15) is 21.6 Å². The molecule has 0 N–H and O–H groups in total. The summed E-state index contributed by atoms with van der Waals surface area (Å²) < 4.78 is 0. The van der Waals surface area contributed by atoms with E-state index in [0.29, 0.717) is 11.3 Å². The number of hydrogen-bond acceptors (Lipinski definition) is 2. The van der Waals surface area contributed by atoms with Gasteiger partial charge in [0.2, 0.25) is 5.78 Å². The lowest BCUT2D eigenvalue weighted by atomic mass is 9.96. The van der Waals surface area contributed by atoms with E-state index in [1.165, 1.54) is 0 Å². The molecule has 0 aliphatic carbocycles. The zero-order valence-corrected chi connectivity index (χ0v) is 13.9. The highest BCUT2D eigenvalue weighted by Crippen LogP contribution is 2.29. The van der Waals surface area contributed by atoms with Crippen molar-refractivity contribution in [3.63, 3.8) is 0 Å². The fourth-order valence-electron chi connectivity index (χ4n) is 3.08. The van der Waals surface area contributed by atoms with Gasteiger partial charge in [-0.15, -0.1) is 0 Å². The van der Waals surface area contributed by atoms with Gasteiger partial charge < -0.3 is 0 Å². The van der Waals surface area contributed by atoms with Crippen LogP contribution < -0.4 is 0 Å². The number of rotatable bonds is 3. The van der Waals surface area contributed by atoms with Gasteiger partial charge in [0.05, 0.1) is 5.52 Å². The Labute approximate surface area is 146 Å². The van der Waals surface area contributed by atoms with Crippen LogP contribution in [0.5, 0.6) is 0 Å². The van der Waals surface area contributed by atoms with Crippen LogP contribution in [0.25, 0.3) is 22.0 Å². The second kappa shape index (κ2) is 6.33. The van der Waals surface area contributed by atoms with Crippen molar-refractivity contribution in [2.75, 3.05) is 0 Å². The van der Waals surface area contributed by atoms with Crippen LogP contribution in [0, 0.1) is 6.92 Å². The molecule has 0 aliphatic rings. The maximum Gasteiger partial charge on any atom is 0.212 e. The van der Waals surface area contributed by atoms with Gasteiger partial charge in [0.1, 0.15) is 5.69 Å². The van der Waals surface area contributed by atoms with Gasteiger partial charge in [-0.05, 0) is 24.1 Å². The lowest BCUT2D eigenvalue weighted by molar-refractivity contribution is 0.103. The summed E-state index contributed by atoms with van der Waals surface area (Å²) in [4.78, 5) is 17.9. The van der Waals surface area contributed by atoms with Crippen LogP contribution in [-0.4, -0.2) is 10.8 Å². The molecule has 3 aromatic carbocycles. The first-order chi connectivity index (χ1) is 12.2. The van der Waals surface area contributed by atoms with E-state index in [4.69, 9.17) is 4.98 Å². The average Bonchev–Trinajstić information content (AvgIpc) is 2.68. The third kappa shape index (κ3) is 2.83. The van der Waals surface area contributed by atoms with Gasteiger partial charge in [-0.2, -0.15) is 0 Å². The van der Waals surface area contributed by atoms with E-state index < -0.39 is 0 Å². The molecule has 0 fully saturated rings. The van der Waals surface area contributed by atoms with Crippen molar-refractivity contribution in [1.29, 1.82) is 0 Å². The van der Waals surface area contributed by atoms with E-state index in [2.05, 4.69) is 6.07 Å². The van der Waals surface area contributed by atoms with Crippen LogP contribution >= 0.6 is 0 Å². The summed E-state index contributed by atoms with van der Waals surface area (Å²) in [5, 5.41) is 1.04. The third-order valence-electron chi connectivity index (χ3n) is 4.38. The molecule has 0 atom stereocenters. The first kappa shape index (κ1) is 15.3. The Morgan fingerprint density at radius 3 is 2.20 bits per heavy atom. The molecule has 2 heteroatoms. The molecule has 0 bridgehead atoms. The first-order valence-electron chi connectivity index (χ1n) is 8.29. The number of carbonyl (C=O) groups excluding carboxylic acids is 1. The second-order valence-corrected chi connectivity index (χ2v) is 6.09. The lowest BCUT2D eigenvalue weighted by Gasteiger charge is -2.12. The van der Waals surface area contributed by atoms with Crippen LogP contribution in [-0.2, 0) is 0 Å². The Kier molecular flexibility index (Phi) is 3.87. The highest BCUT2D eigenvalue weighted by molar-refractivity contribution is 6.13. The van der Waals surface area contributed by atoms with E-state index in [1.54, 1.807) is 0 Å². The number of ketones is 1. The second-order valence-electron chi connectivity index (χ2n) is 6.09. The number of benzene rings is 3. The number of hydrogen-bond donors (Lipinski definition) is 0. The highest BCUT2D eigenvalue weighted by atomic mass is 16.1. The minimum absolute atomic E-state index is 0.0513. The fourth-order valence-corrected chi connectivity index (χ4v) is 3.08. The molecule has 0 spiro atoms. The molecule has 120 valence electrons. The third-order valence-corrected chi connectivity index (χ3v) is 4.38. The molecular weight excluding hydrogens is 306 g/mol. The van der Waals surface area contributed by atoms with Crippen LogP contribution in [0.3, 0.4) is 0 Å². The Morgan fingerprint density at radius 2 is 1.48 bits per heavy atom. The summed E-state index contributed by atoms with van der Waals surface area (Å²) in [5.41, 5.74) is 4.96. The van der Waals surface area contributed by atoms with E-state index >= 15 is 0 Å². The van der Waals surface area contributed by atoms with Crippen molar-refractivity contribution in [2.24, 2.45) is 0 Å². The Hall–Kier alpha value is -3.26. The number of para-hydroxylation sites is 1. The molecular formula is C23H17NO. The van der Waals surface area contributed by atoms with Crippen molar-refractivity contribution in [1.82, 2.24) is 4.98 Å². The zero-order valence-electron chi connectivity index (χ0n) is 13.9. The van der Waals surface area contributed by atoms with Gasteiger partial charge in [-0.3, -0.25) is 4.79 Å². The summed E-state index contributed by atoms with van der Waals surface area (Å²) >= 11 is 0. The van der Waals surface area contributed by atoms with Gasteiger partial charge in [0.15, 0.2) is 0 Å². The molecule has 4 aromatic rings. The molecule has 0 aliphatic heterocycles. The predicted octanol–water partition coefficient (Wildman–Crippen LogP) is 5.44. The minimum Gasteiger partial charge on any atom is -0.287 e. The number of aromatic nitrogens is 1. The van der Waals surface area contributed by atoms with Crippen molar-refractivity contribution >= 4 is 16.7 Å². The van der Waals surface area contributed by atoms with Gasteiger partial charge in [-0.1, -0.05) is 78.9 Å². The smallest absolute Gasteiger partial charge is 0.212 e. The average molecular weight is 323 g/mol. The number of fused-ring (bicyclic) bond motifs is 1. The number of pyridine rings is 1. The zero-order chi connectivity index (χ0) is 17.2. The van der Waals surface area contributed by atoms with Crippen molar-refractivity contribution < 1.29 is 4.79 Å². The predicted molar refractivity (Wildman–Crippen MR) is 102 cm³/mol. The minimum atomic E-state index is -0.0513. The van der Waals surface area contributed by atoms with Gasteiger partial charge in [0, 0.05) is 16.5 Å². The largest absolute Gasteiger partial charge is 0.287 e. The molecule has 1 heterocycles. The van der Waals surface area contributed by atoms with E-state index in [9.17, 15) is 4.79 Å². The topological polar surface area (TPSA) is 30.0 Å². The Bertz CT molecular complexity index is 1050. The van der Waals surface area contributed by atoms with Crippen LogP contribution in [0.4, 0.5) is 0 Å². The van der Waals surface area contributed by atoms with Crippen molar-refractivity contribution in [3.05, 3.63) is 102 Å². The SMILES string of the molecule is Cc1cccc2cc(-c3ccccc3)c(C(=O)c3ccccc3)nc12. The molecule has 25 heavy (non-hydrogen) atoms. The molecule has 4 rings (SSSR count). The Morgan fingerprint density at radius 1 is 0.800 bits per heavy atom. The Balaban J connectivity index is 2.00.